The maximum atomic E-state index is 13.0. The van der Waals surface area contributed by atoms with Crippen LogP contribution in [0.1, 0.15) is 39.4 Å². The van der Waals surface area contributed by atoms with Gasteiger partial charge in [0, 0.05) is 32.5 Å². The number of hydrogen-bond donors (Lipinski definition) is 1. The number of thioether (sulfide) groups is 1. The van der Waals surface area contributed by atoms with Crippen LogP contribution in [-0.2, 0) is 16.0 Å². The third kappa shape index (κ3) is 6.00. The molecular weight excluding hydrogens is 416 g/mol. The highest BCUT2D eigenvalue weighted by Crippen LogP contribution is 2.22. The van der Waals surface area contributed by atoms with E-state index in [0.717, 1.165) is 0 Å². The van der Waals surface area contributed by atoms with Gasteiger partial charge in [-0.15, -0.1) is 11.8 Å². The molecule has 9 heteroatoms. The fourth-order valence-corrected chi connectivity index (χ4v) is 4.39. The van der Waals surface area contributed by atoms with Crippen molar-refractivity contribution in [3.63, 3.8) is 0 Å². The van der Waals surface area contributed by atoms with Gasteiger partial charge in [0.05, 0.1) is 16.3 Å². The zero-order chi connectivity index (χ0) is 22.6. The number of carbonyl (C=O) groups excluding carboxylic acids is 2. The molecule has 1 unspecified atom stereocenters. The van der Waals surface area contributed by atoms with E-state index in [0.29, 0.717) is 49.2 Å². The SMILES string of the molecule is CSC1CCN(C(=O)OC(C)(C)C)CCN1C(=O)CCc1nc2ccccc2c(=O)[nH]1. The predicted molar refractivity (Wildman–Crippen MR) is 122 cm³/mol. The van der Waals surface area contributed by atoms with E-state index in [9.17, 15) is 14.4 Å². The van der Waals surface area contributed by atoms with Gasteiger partial charge in [-0.3, -0.25) is 9.59 Å². The van der Waals surface area contributed by atoms with E-state index >= 15 is 0 Å². The number of carbonyl (C=O) groups is 2. The van der Waals surface area contributed by atoms with Crippen LogP contribution in [0.3, 0.4) is 0 Å². The molecule has 0 saturated carbocycles. The fraction of sp³-hybridized carbons (Fsp3) is 0.545. The number of fused-ring (bicyclic) bond motifs is 1. The Morgan fingerprint density at radius 1 is 1.23 bits per heavy atom. The summed E-state index contributed by atoms with van der Waals surface area (Å²) in [6.45, 7) is 6.95. The highest BCUT2D eigenvalue weighted by atomic mass is 32.2. The standard InChI is InChI=1S/C22H30N4O4S/c1-22(2,3)30-21(29)25-12-11-19(31-4)26(14-13-25)18(27)10-9-17-23-16-8-6-5-7-15(16)20(28)24-17/h5-8,19H,9-14H2,1-4H3,(H,23,24,28). The molecule has 2 heterocycles. The number of aromatic amines is 1. The van der Waals surface area contributed by atoms with Crippen LogP contribution in [0.5, 0.6) is 0 Å². The smallest absolute Gasteiger partial charge is 0.410 e. The van der Waals surface area contributed by atoms with Crippen LogP contribution in [0.25, 0.3) is 10.9 Å². The monoisotopic (exact) mass is 446 g/mol. The van der Waals surface area contributed by atoms with Crippen molar-refractivity contribution in [1.82, 2.24) is 19.8 Å². The Bertz CT molecular complexity index is 1000. The van der Waals surface area contributed by atoms with E-state index in [1.165, 1.54) is 0 Å². The first-order valence-corrected chi connectivity index (χ1v) is 11.7. The van der Waals surface area contributed by atoms with Crippen molar-refractivity contribution in [3.05, 3.63) is 40.4 Å². The van der Waals surface area contributed by atoms with Crippen molar-refractivity contribution in [2.24, 2.45) is 0 Å². The summed E-state index contributed by atoms with van der Waals surface area (Å²) in [6.07, 6.45) is 2.89. The molecule has 8 nitrogen and oxygen atoms in total. The Hall–Kier alpha value is -2.55. The van der Waals surface area contributed by atoms with E-state index in [-0.39, 0.29) is 29.4 Å². The van der Waals surface area contributed by atoms with Gasteiger partial charge >= 0.3 is 6.09 Å². The summed E-state index contributed by atoms with van der Waals surface area (Å²) in [5, 5.41) is 0.526. The summed E-state index contributed by atoms with van der Waals surface area (Å²) in [5.41, 5.74) is -0.127. The Kier molecular flexibility index (Phi) is 7.25. The molecule has 168 valence electrons. The first-order chi connectivity index (χ1) is 14.7. The Balaban J connectivity index is 1.65. The molecule has 31 heavy (non-hydrogen) atoms. The lowest BCUT2D eigenvalue weighted by atomic mass is 10.2. The molecule has 0 aliphatic carbocycles. The number of benzene rings is 1. The van der Waals surface area contributed by atoms with Crippen molar-refractivity contribution in [2.45, 2.75) is 51.0 Å². The lowest BCUT2D eigenvalue weighted by Gasteiger charge is -2.28. The molecule has 0 bridgehead atoms. The molecule has 3 rings (SSSR count). The molecule has 1 atom stereocenters. The largest absolute Gasteiger partial charge is 0.444 e. The number of H-pyrrole nitrogens is 1. The number of nitrogens with zero attached hydrogens (tertiary/aromatic N) is 3. The number of rotatable bonds is 4. The van der Waals surface area contributed by atoms with Gasteiger partial charge in [0.2, 0.25) is 5.91 Å². The minimum Gasteiger partial charge on any atom is -0.444 e. The topological polar surface area (TPSA) is 95.6 Å². The van der Waals surface area contributed by atoms with E-state index in [2.05, 4.69) is 9.97 Å². The van der Waals surface area contributed by atoms with Gasteiger partial charge in [0.15, 0.2) is 0 Å². The highest BCUT2D eigenvalue weighted by molar-refractivity contribution is 7.99. The van der Waals surface area contributed by atoms with E-state index < -0.39 is 5.60 Å². The quantitative estimate of drug-likeness (QED) is 0.776. The molecule has 1 aromatic heterocycles. The zero-order valence-electron chi connectivity index (χ0n) is 18.5. The van der Waals surface area contributed by atoms with Gasteiger partial charge < -0.3 is 19.5 Å². The number of aryl methyl sites for hydroxylation is 1. The maximum Gasteiger partial charge on any atom is 0.410 e. The van der Waals surface area contributed by atoms with Gasteiger partial charge in [0.25, 0.3) is 5.56 Å². The fourth-order valence-electron chi connectivity index (χ4n) is 3.57. The average Bonchev–Trinajstić information content (AvgIpc) is 2.93. The van der Waals surface area contributed by atoms with Crippen molar-refractivity contribution < 1.29 is 14.3 Å². The van der Waals surface area contributed by atoms with Crippen LogP contribution in [-0.4, -0.2) is 68.6 Å². The second kappa shape index (κ2) is 9.72. The lowest BCUT2D eigenvalue weighted by molar-refractivity contribution is -0.131. The number of para-hydroxylation sites is 1. The molecule has 2 amide bonds. The van der Waals surface area contributed by atoms with Crippen molar-refractivity contribution in [2.75, 3.05) is 25.9 Å². The van der Waals surface area contributed by atoms with Crippen LogP contribution < -0.4 is 5.56 Å². The molecule has 0 spiro atoms. The van der Waals surface area contributed by atoms with Gasteiger partial charge in [-0.2, -0.15) is 0 Å². The second-order valence-electron chi connectivity index (χ2n) is 8.56. The number of amides is 2. The van der Waals surface area contributed by atoms with E-state index in [1.54, 1.807) is 34.9 Å². The lowest BCUT2D eigenvalue weighted by Crippen LogP contribution is -2.41. The van der Waals surface area contributed by atoms with Crippen LogP contribution in [0.2, 0.25) is 0 Å². The van der Waals surface area contributed by atoms with Crippen LogP contribution in [0.15, 0.2) is 29.1 Å². The molecule has 1 aromatic carbocycles. The highest BCUT2D eigenvalue weighted by Gasteiger charge is 2.30. The molecule has 1 aliphatic rings. The molecule has 0 radical (unpaired) electrons. The van der Waals surface area contributed by atoms with Crippen molar-refractivity contribution >= 4 is 34.7 Å². The number of ether oxygens (including phenoxy) is 1. The molecular formula is C22H30N4O4S. The number of nitrogens with one attached hydrogen (secondary N) is 1. The predicted octanol–water partition coefficient (Wildman–Crippen LogP) is 3.01. The molecule has 1 saturated heterocycles. The Morgan fingerprint density at radius 3 is 2.68 bits per heavy atom. The summed E-state index contributed by atoms with van der Waals surface area (Å²) in [6, 6.07) is 7.15. The number of hydrogen-bond acceptors (Lipinski definition) is 6. The first-order valence-electron chi connectivity index (χ1n) is 10.5. The first kappa shape index (κ1) is 23.1. The van der Waals surface area contributed by atoms with Crippen molar-refractivity contribution in [3.8, 4) is 0 Å². The Morgan fingerprint density at radius 2 is 1.97 bits per heavy atom. The zero-order valence-corrected chi connectivity index (χ0v) is 19.3. The molecule has 1 fully saturated rings. The number of aromatic nitrogens is 2. The van der Waals surface area contributed by atoms with Gasteiger partial charge in [-0.05, 0) is 45.6 Å². The average molecular weight is 447 g/mol. The summed E-state index contributed by atoms with van der Waals surface area (Å²) in [7, 11) is 0. The second-order valence-corrected chi connectivity index (χ2v) is 9.58. The van der Waals surface area contributed by atoms with E-state index in [1.807, 2.05) is 38.0 Å². The third-order valence-electron chi connectivity index (χ3n) is 5.09. The molecule has 2 aromatic rings. The third-order valence-corrected chi connectivity index (χ3v) is 6.12. The summed E-state index contributed by atoms with van der Waals surface area (Å²) >= 11 is 1.60. The van der Waals surface area contributed by atoms with Gasteiger partial charge in [-0.1, -0.05) is 12.1 Å². The maximum absolute atomic E-state index is 13.0. The minimum atomic E-state index is -0.554. The normalized spacial score (nSPS) is 17.5. The minimum absolute atomic E-state index is 0.0106. The Labute approximate surface area is 186 Å². The summed E-state index contributed by atoms with van der Waals surface area (Å²) in [4.78, 5) is 48.4. The molecule has 1 aliphatic heterocycles. The van der Waals surface area contributed by atoms with Crippen LogP contribution in [0.4, 0.5) is 4.79 Å². The molecule has 1 N–H and O–H groups in total. The summed E-state index contributed by atoms with van der Waals surface area (Å²) in [5.74, 6) is 0.490. The van der Waals surface area contributed by atoms with Crippen LogP contribution in [0, 0.1) is 0 Å². The summed E-state index contributed by atoms with van der Waals surface area (Å²) < 4.78 is 5.48. The van der Waals surface area contributed by atoms with E-state index in [4.69, 9.17) is 4.74 Å². The van der Waals surface area contributed by atoms with Crippen LogP contribution >= 0.6 is 11.8 Å². The van der Waals surface area contributed by atoms with Gasteiger partial charge in [-0.25, -0.2) is 9.78 Å². The van der Waals surface area contributed by atoms with Crippen molar-refractivity contribution in [1.29, 1.82) is 0 Å². The van der Waals surface area contributed by atoms with Gasteiger partial charge in [0.1, 0.15) is 11.4 Å².